The molecule has 7 heteroatoms. The number of morpholine rings is 1. The van der Waals surface area contributed by atoms with E-state index in [2.05, 4.69) is 4.98 Å². The van der Waals surface area contributed by atoms with E-state index >= 15 is 0 Å². The van der Waals surface area contributed by atoms with E-state index < -0.39 is 0 Å². The number of amides is 1. The zero-order chi connectivity index (χ0) is 22.0. The van der Waals surface area contributed by atoms with E-state index in [-0.39, 0.29) is 36.5 Å². The molecule has 1 aliphatic rings. The number of aromatic nitrogens is 2. The van der Waals surface area contributed by atoms with Gasteiger partial charge in [0.1, 0.15) is 5.69 Å². The van der Waals surface area contributed by atoms with Crippen molar-refractivity contribution in [3.8, 4) is 0 Å². The Hall–Kier alpha value is -2.70. The summed E-state index contributed by atoms with van der Waals surface area (Å²) in [6, 6.07) is 15.2. The molecule has 1 aliphatic heterocycles. The number of aryl methyl sites for hydroxylation is 1. The van der Waals surface area contributed by atoms with Crippen molar-refractivity contribution < 1.29 is 9.53 Å². The van der Waals surface area contributed by atoms with Crippen LogP contribution in [0.3, 0.4) is 0 Å². The summed E-state index contributed by atoms with van der Waals surface area (Å²) in [7, 11) is 0. The van der Waals surface area contributed by atoms with Gasteiger partial charge < -0.3 is 14.2 Å². The van der Waals surface area contributed by atoms with Gasteiger partial charge in [-0.05, 0) is 37.6 Å². The van der Waals surface area contributed by atoms with E-state index in [1.165, 1.54) is 0 Å². The number of ether oxygens (including phenoxy) is 1. The molecule has 2 heterocycles. The standard InChI is InChI=1S/C24H26ClN3O3/c1-16-13-27(14-17(2)31-16)23(29)11-9-20-24(30)28(15-18-6-4-3-5-7-18)22-10-8-19(25)12-21(22)26-20/h3-8,10,12,16-17H,9,11,13-15H2,1-2H3/t16-,17-/m0/s1. The van der Waals surface area contributed by atoms with Gasteiger partial charge in [0.05, 0.1) is 29.8 Å². The van der Waals surface area contributed by atoms with E-state index in [9.17, 15) is 9.59 Å². The SMILES string of the molecule is C[C@H]1CN(C(=O)CCc2nc3cc(Cl)ccc3n(Cc3ccccc3)c2=O)C[C@H](C)O1. The van der Waals surface area contributed by atoms with Crippen LogP contribution in [0.5, 0.6) is 0 Å². The number of fused-ring (bicyclic) bond motifs is 1. The lowest BCUT2D eigenvalue weighted by Gasteiger charge is -2.35. The lowest BCUT2D eigenvalue weighted by molar-refractivity contribution is -0.143. The molecule has 3 aromatic rings. The highest BCUT2D eigenvalue weighted by Gasteiger charge is 2.26. The van der Waals surface area contributed by atoms with Gasteiger partial charge in [-0.15, -0.1) is 0 Å². The largest absolute Gasteiger partial charge is 0.372 e. The van der Waals surface area contributed by atoms with E-state index in [1.54, 1.807) is 16.7 Å². The van der Waals surface area contributed by atoms with Crippen molar-refractivity contribution in [3.05, 3.63) is 75.2 Å². The van der Waals surface area contributed by atoms with Gasteiger partial charge in [-0.25, -0.2) is 4.98 Å². The van der Waals surface area contributed by atoms with Crippen molar-refractivity contribution >= 4 is 28.5 Å². The Kier molecular flexibility index (Phi) is 6.39. The molecule has 0 saturated carbocycles. The first-order valence-electron chi connectivity index (χ1n) is 10.6. The van der Waals surface area contributed by atoms with Gasteiger partial charge in [0.15, 0.2) is 0 Å². The number of carbonyl (C=O) groups is 1. The van der Waals surface area contributed by atoms with Crippen LogP contribution in [-0.4, -0.2) is 45.7 Å². The molecule has 0 unspecified atom stereocenters. The molecule has 0 aliphatic carbocycles. The van der Waals surface area contributed by atoms with Crippen LogP contribution in [0.15, 0.2) is 53.3 Å². The minimum absolute atomic E-state index is 0.0109. The van der Waals surface area contributed by atoms with Gasteiger partial charge in [-0.1, -0.05) is 41.9 Å². The highest BCUT2D eigenvalue weighted by Crippen LogP contribution is 2.19. The highest BCUT2D eigenvalue weighted by molar-refractivity contribution is 6.31. The Morgan fingerprint density at radius 2 is 1.84 bits per heavy atom. The molecular weight excluding hydrogens is 414 g/mol. The van der Waals surface area contributed by atoms with Gasteiger partial charge in [0.25, 0.3) is 5.56 Å². The molecular formula is C24H26ClN3O3. The van der Waals surface area contributed by atoms with Gasteiger partial charge in [-0.3, -0.25) is 9.59 Å². The van der Waals surface area contributed by atoms with Gasteiger partial charge in [-0.2, -0.15) is 0 Å². The monoisotopic (exact) mass is 439 g/mol. The molecule has 1 amide bonds. The summed E-state index contributed by atoms with van der Waals surface area (Å²) < 4.78 is 7.42. The first-order chi connectivity index (χ1) is 14.9. The minimum atomic E-state index is -0.171. The summed E-state index contributed by atoms with van der Waals surface area (Å²) in [5, 5.41) is 0.559. The molecule has 0 spiro atoms. The third-order valence-electron chi connectivity index (χ3n) is 5.51. The first kappa shape index (κ1) is 21.5. The average Bonchev–Trinajstić information content (AvgIpc) is 2.74. The van der Waals surface area contributed by atoms with Crippen molar-refractivity contribution in [1.82, 2.24) is 14.5 Å². The molecule has 31 heavy (non-hydrogen) atoms. The number of carbonyl (C=O) groups excluding carboxylic acids is 1. The summed E-state index contributed by atoms with van der Waals surface area (Å²) in [6.07, 6.45) is 0.544. The maximum Gasteiger partial charge on any atom is 0.273 e. The number of hydrogen-bond donors (Lipinski definition) is 0. The Morgan fingerprint density at radius 1 is 1.13 bits per heavy atom. The van der Waals surface area contributed by atoms with Gasteiger partial charge in [0.2, 0.25) is 5.91 Å². The van der Waals surface area contributed by atoms with Crippen LogP contribution >= 0.6 is 11.6 Å². The predicted molar refractivity (Wildman–Crippen MR) is 121 cm³/mol. The highest BCUT2D eigenvalue weighted by atomic mass is 35.5. The minimum Gasteiger partial charge on any atom is -0.372 e. The molecule has 4 rings (SSSR count). The van der Waals surface area contributed by atoms with E-state index in [0.717, 1.165) is 11.1 Å². The molecule has 0 radical (unpaired) electrons. The fraction of sp³-hybridized carbons (Fsp3) is 0.375. The van der Waals surface area contributed by atoms with Gasteiger partial charge in [0, 0.05) is 31.0 Å². The summed E-state index contributed by atoms with van der Waals surface area (Å²) in [4.78, 5) is 32.5. The van der Waals surface area contributed by atoms with Crippen molar-refractivity contribution in [2.45, 2.75) is 45.4 Å². The zero-order valence-corrected chi connectivity index (χ0v) is 18.5. The number of benzene rings is 2. The second-order valence-electron chi connectivity index (χ2n) is 8.12. The van der Waals surface area contributed by atoms with E-state index in [4.69, 9.17) is 16.3 Å². The summed E-state index contributed by atoms with van der Waals surface area (Å²) in [5.74, 6) is 0.0176. The van der Waals surface area contributed by atoms with Crippen LogP contribution in [0.4, 0.5) is 0 Å². The van der Waals surface area contributed by atoms with Crippen LogP contribution < -0.4 is 5.56 Å². The molecule has 6 nitrogen and oxygen atoms in total. The van der Waals surface area contributed by atoms with Gasteiger partial charge >= 0.3 is 0 Å². The summed E-state index contributed by atoms with van der Waals surface area (Å²) in [5.41, 5.74) is 2.61. The molecule has 2 atom stereocenters. The molecule has 1 aromatic heterocycles. The average molecular weight is 440 g/mol. The fourth-order valence-electron chi connectivity index (χ4n) is 4.12. The summed E-state index contributed by atoms with van der Waals surface area (Å²) in [6.45, 7) is 5.50. The smallest absolute Gasteiger partial charge is 0.273 e. The first-order valence-corrected chi connectivity index (χ1v) is 10.9. The molecule has 0 N–H and O–H groups in total. The van der Waals surface area contributed by atoms with Crippen molar-refractivity contribution in [2.24, 2.45) is 0 Å². The quantitative estimate of drug-likeness (QED) is 0.608. The summed E-state index contributed by atoms with van der Waals surface area (Å²) >= 11 is 6.18. The topological polar surface area (TPSA) is 64.4 Å². The molecule has 0 bridgehead atoms. The Bertz CT molecular complexity index is 1140. The van der Waals surface area contributed by atoms with E-state index in [0.29, 0.717) is 35.9 Å². The lowest BCUT2D eigenvalue weighted by atomic mass is 10.1. The molecule has 162 valence electrons. The molecule has 1 fully saturated rings. The normalized spacial score (nSPS) is 19.0. The maximum atomic E-state index is 13.3. The third kappa shape index (κ3) is 4.97. The second kappa shape index (κ2) is 9.20. The Morgan fingerprint density at radius 3 is 2.55 bits per heavy atom. The fourth-order valence-corrected chi connectivity index (χ4v) is 4.29. The second-order valence-corrected chi connectivity index (χ2v) is 8.56. The number of nitrogens with zero attached hydrogens (tertiary/aromatic N) is 3. The van der Waals surface area contributed by atoms with Crippen molar-refractivity contribution in [1.29, 1.82) is 0 Å². The maximum absolute atomic E-state index is 13.3. The van der Waals surface area contributed by atoms with Crippen molar-refractivity contribution in [3.63, 3.8) is 0 Å². The lowest BCUT2D eigenvalue weighted by Crippen LogP contribution is -2.48. The van der Waals surface area contributed by atoms with Crippen LogP contribution in [0.2, 0.25) is 5.02 Å². The Balaban J connectivity index is 1.62. The number of rotatable bonds is 5. The third-order valence-corrected chi connectivity index (χ3v) is 5.74. The molecule has 2 aromatic carbocycles. The van der Waals surface area contributed by atoms with Crippen LogP contribution in [0.1, 0.15) is 31.5 Å². The zero-order valence-electron chi connectivity index (χ0n) is 17.8. The van der Waals surface area contributed by atoms with Crippen LogP contribution in [0.25, 0.3) is 11.0 Å². The van der Waals surface area contributed by atoms with Crippen LogP contribution in [-0.2, 0) is 22.5 Å². The molecule has 1 saturated heterocycles. The predicted octanol–water partition coefficient (Wildman–Crippen LogP) is 3.67. The number of halogens is 1. The Labute approximate surface area is 186 Å². The van der Waals surface area contributed by atoms with Crippen molar-refractivity contribution in [2.75, 3.05) is 13.1 Å². The van der Waals surface area contributed by atoms with E-state index in [1.807, 2.05) is 55.1 Å². The van der Waals surface area contributed by atoms with Crippen LogP contribution in [0, 0.1) is 0 Å². The number of hydrogen-bond acceptors (Lipinski definition) is 4.